The third-order valence-electron chi connectivity index (χ3n) is 5.18. The number of hydrogen-bond donors (Lipinski definition) is 3. The fraction of sp³-hybridized carbons (Fsp3) is 0.292. The number of rotatable bonds is 6. The number of nitrogens with one attached hydrogen (secondary N) is 3. The molecule has 154 valence electrons. The van der Waals surface area contributed by atoms with E-state index in [9.17, 15) is 4.79 Å². The maximum absolute atomic E-state index is 12.5. The Labute approximate surface area is 177 Å². The fourth-order valence-electron chi connectivity index (χ4n) is 3.53. The number of amidine groups is 2. The van der Waals surface area contributed by atoms with Gasteiger partial charge >= 0.3 is 0 Å². The quantitative estimate of drug-likeness (QED) is 0.651. The molecule has 1 amide bonds. The molecule has 2 aromatic carbocycles. The van der Waals surface area contributed by atoms with Crippen molar-refractivity contribution in [2.45, 2.75) is 19.8 Å². The number of amides is 1. The van der Waals surface area contributed by atoms with Gasteiger partial charge in [0.2, 0.25) is 5.91 Å². The molecule has 0 unspecified atom stereocenters. The molecule has 2 heterocycles. The van der Waals surface area contributed by atoms with Crippen LogP contribution < -0.4 is 16.0 Å². The van der Waals surface area contributed by atoms with Crippen molar-refractivity contribution in [2.75, 3.05) is 31.5 Å². The van der Waals surface area contributed by atoms with Crippen LogP contribution in [0.25, 0.3) is 6.08 Å². The molecule has 0 atom stereocenters. The molecule has 4 rings (SSSR count). The predicted molar refractivity (Wildman–Crippen MR) is 123 cm³/mol. The molecule has 2 aliphatic heterocycles. The molecule has 0 radical (unpaired) electrons. The normalized spacial score (nSPS) is 15.7. The predicted octanol–water partition coefficient (Wildman–Crippen LogP) is 3.16. The van der Waals surface area contributed by atoms with Gasteiger partial charge in [-0.05, 0) is 41.3 Å². The van der Waals surface area contributed by atoms with Gasteiger partial charge in [-0.3, -0.25) is 14.8 Å². The second-order valence-electron chi connectivity index (χ2n) is 7.72. The van der Waals surface area contributed by atoms with E-state index >= 15 is 0 Å². The van der Waals surface area contributed by atoms with E-state index in [-0.39, 0.29) is 5.91 Å². The summed E-state index contributed by atoms with van der Waals surface area (Å²) in [6, 6.07) is 14.1. The molecular formula is C24H27N5O. The van der Waals surface area contributed by atoms with Crippen molar-refractivity contribution in [2.24, 2.45) is 9.98 Å². The van der Waals surface area contributed by atoms with Gasteiger partial charge in [-0.2, -0.15) is 0 Å². The van der Waals surface area contributed by atoms with Crippen molar-refractivity contribution in [3.63, 3.8) is 0 Å². The van der Waals surface area contributed by atoms with Crippen molar-refractivity contribution in [1.29, 1.82) is 0 Å². The summed E-state index contributed by atoms with van der Waals surface area (Å²) >= 11 is 0. The lowest BCUT2D eigenvalue weighted by Gasteiger charge is -2.13. The molecule has 0 spiro atoms. The Bertz CT molecular complexity index is 1020. The third kappa shape index (κ3) is 4.59. The van der Waals surface area contributed by atoms with Crippen molar-refractivity contribution >= 4 is 29.3 Å². The number of carbonyl (C=O) groups excluding carboxylic acids is 1. The van der Waals surface area contributed by atoms with Crippen LogP contribution in [0.2, 0.25) is 0 Å². The fourth-order valence-corrected chi connectivity index (χ4v) is 3.53. The molecule has 2 aliphatic rings. The first kappa shape index (κ1) is 19.9. The summed E-state index contributed by atoms with van der Waals surface area (Å²) in [6.07, 6.45) is 3.39. The second-order valence-corrected chi connectivity index (χ2v) is 7.72. The molecule has 3 N–H and O–H groups in total. The van der Waals surface area contributed by atoms with Crippen molar-refractivity contribution in [3.05, 3.63) is 70.8 Å². The summed E-state index contributed by atoms with van der Waals surface area (Å²) in [6.45, 7) is 7.53. The monoisotopic (exact) mass is 401 g/mol. The summed E-state index contributed by atoms with van der Waals surface area (Å²) in [7, 11) is 0. The largest absolute Gasteiger partial charge is 0.368 e. The van der Waals surface area contributed by atoms with Crippen LogP contribution in [0, 0.1) is 0 Å². The van der Waals surface area contributed by atoms with Gasteiger partial charge in [0.05, 0.1) is 13.1 Å². The first-order chi connectivity index (χ1) is 14.6. The maximum Gasteiger partial charge on any atom is 0.248 e. The Balaban J connectivity index is 1.49. The molecule has 30 heavy (non-hydrogen) atoms. The van der Waals surface area contributed by atoms with Crippen LogP contribution in [0.3, 0.4) is 0 Å². The van der Waals surface area contributed by atoms with Crippen LogP contribution in [0.4, 0.5) is 5.69 Å². The van der Waals surface area contributed by atoms with Gasteiger partial charge in [-0.25, -0.2) is 0 Å². The van der Waals surface area contributed by atoms with E-state index in [4.69, 9.17) is 0 Å². The van der Waals surface area contributed by atoms with Gasteiger partial charge < -0.3 is 16.0 Å². The third-order valence-corrected chi connectivity index (χ3v) is 5.18. The summed E-state index contributed by atoms with van der Waals surface area (Å²) in [5.41, 5.74) is 4.97. The van der Waals surface area contributed by atoms with E-state index in [2.05, 4.69) is 51.9 Å². The average Bonchev–Trinajstić information content (AvgIpc) is 3.47. The van der Waals surface area contributed by atoms with Gasteiger partial charge in [0.1, 0.15) is 11.7 Å². The molecule has 0 fully saturated rings. The smallest absolute Gasteiger partial charge is 0.248 e. The number of benzene rings is 2. The topological polar surface area (TPSA) is 77.9 Å². The van der Waals surface area contributed by atoms with Crippen molar-refractivity contribution in [1.82, 2.24) is 10.6 Å². The first-order valence-corrected chi connectivity index (χ1v) is 10.4. The number of hydrogen-bond acceptors (Lipinski definition) is 5. The van der Waals surface area contributed by atoms with Gasteiger partial charge in [-0.1, -0.05) is 38.1 Å². The summed E-state index contributed by atoms with van der Waals surface area (Å²) in [4.78, 5) is 21.5. The first-order valence-electron chi connectivity index (χ1n) is 10.4. The lowest BCUT2D eigenvalue weighted by Crippen LogP contribution is -2.26. The highest BCUT2D eigenvalue weighted by Crippen LogP contribution is 2.20. The van der Waals surface area contributed by atoms with Gasteiger partial charge in [0.25, 0.3) is 0 Å². The van der Waals surface area contributed by atoms with Crippen molar-refractivity contribution < 1.29 is 4.79 Å². The molecule has 0 aliphatic carbocycles. The number of anilines is 1. The molecule has 6 nitrogen and oxygen atoms in total. The maximum atomic E-state index is 12.5. The summed E-state index contributed by atoms with van der Waals surface area (Å²) < 4.78 is 0. The van der Waals surface area contributed by atoms with Crippen LogP contribution >= 0.6 is 0 Å². The minimum absolute atomic E-state index is 0.167. The van der Waals surface area contributed by atoms with E-state index in [0.29, 0.717) is 5.92 Å². The molecular weight excluding hydrogens is 374 g/mol. The van der Waals surface area contributed by atoms with Crippen LogP contribution in [-0.4, -0.2) is 43.8 Å². The minimum atomic E-state index is -0.167. The summed E-state index contributed by atoms with van der Waals surface area (Å²) in [5, 5.41) is 9.59. The Morgan fingerprint density at radius 3 is 2.23 bits per heavy atom. The van der Waals surface area contributed by atoms with E-state index in [1.807, 2.05) is 36.4 Å². The summed E-state index contributed by atoms with van der Waals surface area (Å²) in [5.74, 6) is 2.05. The van der Waals surface area contributed by atoms with E-state index in [1.165, 1.54) is 5.56 Å². The molecule has 0 bridgehead atoms. The molecule has 0 saturated carbocycles. The van der Waals surface area contributed by atoms with E-state index in [0.717, 1.165) is 60.2 Å². The Kier molecular flexibility index (Phi) is 5.93. The molecule has 0 aromatic heterocycles. The van der Waals surface area contributed by atoms with Crippen LogP contribution in [0.15, 0.2) is 58.5 Å². The van der Waals surface area contributed by atoms with Gasteiger partial charge in [0.15, 0.2) is 0 Å². The lowest BCUT2D eigenvalue weighted by atomic mass is 10.0. The van der Waals surface area contributed by atoms with E-state index < -0.39 is 0 Å². The highest BCUT2D eigenvalue weighted by molar-refractivity contribution is 6.13. The van der Waals surface area contributed by atoms with Crippen LogP contribution in [-0.2, 0) is 4.79 Å². The van der Waals surface area contributed by atoms with Gasteiger partial charge in [-0.15, -0.1) is 0 Å². The van der Waals surface area contributed by atoms with Crippen molar-refractivity contribution in [3.8, 4) is 0 Å². The zero-order chi connectivity index (χ0) is 20.9. The Hall–Kier alpha value is -3.41. The van der Waals surface area contributed by atoms with Crippen LogP contribution in [0.5, 0.6) is 0 Å². The highest BCUT2D eigenvalue weighted by Gasteiger charge is 2.19. The number of aliphatic imine (C=N–C) groups is 2. The zero-order valence-corrected chi connectivity index (χ0v) is 17.4. The van der Waals surface area contributed by atoms with Gasteiger partial charge in [0, 0.05) is 36.0 Å². The molecule has 0 saturated heterocycles. The Morgan fingerprint density at radius 1 is 0.967 bits per heavy atom. The number of nitrogens with zero attached hydrogens (tertiary/aromatic N) is 2. The molecule has 2 aromatic rings. The second kappa shape index (κ2) is 8.95. The standard InChI is InChI=1S/C24H27N5O/c1-16(2)18-6-3-17(4-7-18)5-10-22(30)29-19-8-9-20(23-25-11-12-26-23)21(15-19)24-27-13-14-28-24/h3-10,15-16H,11-14H2,1-2H3,(H,25,26)(H,27,28)(H,29,30)/b10-5+. The van der Waals surface area contributed by atoms with E-state index in [1.54, 1.807) is 6.08 Å². The lowest BCUT2D eigenvalue weighted by molar-refractivity contribution is -0.111. The Morgan fingerprint density at radius 2 is 1.63 bits per heavy atom. The SMILES string of the molecule is CC(C)c1ccc(/C=C/C(=O)Nc2ccc(C3=NCCN3)c(C3=NCCN3)c2)cc1. The van der Waals surface area contributed by atoms with Crippen LogP contribution in [0.1, 0.15) is 42.0 Å². The highest BCUT2D eigenvalue weighted by atomic mass is 16.1. The average molecular weight is 402 g/mol. The molecule has 6 heteroatoms. The minimum Gasteiger partial charge on any atom is -0.368 e. The zero-order valence-electron chi connectivity index (χ0n) is 17.4. The number of carbonyl (C=O) groups is 1.